The highest BCUT2D eigenvalue weighted by molar-refractivity contribution is 5.93. The van der Waals surface area contributed by atoms with Gasteiger partial charge in [-0.25, -0.2) is 9.48 Å². The number of carbonyl (C=O) groups excluding carboxylic acids is 2. The Hall–Kier alpha value is -2.50. The van der Waals surface area contributed by atoms with Crippen LogP contribution in [0.3, 0.4) is 0 Å². The summed E-state index contributed by atoms with van der Waals surface area (Å²) < 4.78 is 6.18. The molecule has 1 aromatic heterocycles. The minimum atomic E-state index is -0.425. The Kier molecular flexibility index (Phi) is 3.41. The molecule has 19 heavy (non-hydrogen) atoms. The summed E-state index contributed by atoms with van der Waals surface area (Å²) in [6.07, 6.45) is 0. The molecule has 0 aliphatic rings. The van der Waals surface area contributed by atoms with Gasteiger partial charge in [0.25, 0.3) is 0 Å². The van der Waals surface area contributed by atoms with E-state index in [1.54, 1.807) is 31.2 Å². The number of nitrogens with zero attached hydrogens (tertiary/aromatic N) is 3. The van der Waals surface area contributed by atoms with Gasteiger partial charge in [0.15, 0.2) is 11.5 Å². The first-order valence-electron chi connectivity index (χ1n) is 5.66. The lowest BCUT2D eigenvalue weighted by atomic mass is 10.2. The Labute approximate surface area is 110 Å². The van der Waals surface area contributed by atoms with Gasteiger partial charge in [0.1, 0.15) is 0 Å². The molecule has 2 rings (SSSR count). The van der Waals surface area contributed by atoms with Crippen molar-refractivity contribution in [2.75, 3.05) is 7.11 Å². The lowest BCUT2D eigenvalue weighted by Crippen LogP contribution is -2.05. The quantitative estimate of drug-likeness (QED) is 0.617. The van der Waals surface area contributed by atoms with E-state index in [2.05, 4.69) is 15.0 Å². The lowest BCUT2D eigenvalue weighted by Gasteiger charge is -2.05. The normalized spacial score (nSPS) is 10.3. The van der Waals surface area contributed by atoms with Gasteiger partial charge in [-0.15, -0.1) is 5.10 Å². The second-order valence-corrected chi connectivity index (χ2v) is 4.03. The standard InChI is InChI=1S/C13H13N3O3/c1-8-12(9(2)17)14-15-16(8)11-6-4-5-10(7-11)13(18)19-3/h4-7H,1-3H3. The first-order chi connectivity index (χ1) is 9.04. The SMILES string of the molecule is COC(=O)c1cccc(-n2nnc(C(C)=O)c2C)c1. The van der Waals surface area contributed by atoms with Gasteiger partial charge in [-0.1, -0.05) is 11.3 Å². The smallest absolute Gasteiger partial charge is 0.337 e. The number of esters is 1. The van der Waals surface area contributed by atoms with Crippen LogP contribution in [0.1, 0.15) is 33.5 Å². The monoisotopic (exact) mass is 259 g/mol. The first-order valence-corrected chi connectivity index (χ1v) is 5.66. The minimum absolute atomic E-state index is 0.145. The van der Waals surface area contributed by atoms with Crippen LogP contribution in [-0.2, 0) is 4.74 Å². The largest absolute Gasteiger partial charge is 0.465 e. The van der Waals surface area contributed by atoms with Crippen LogP contribution in [0.25, 0.3) is 5.69 Å². The Morgan fingerprint density at radius 2 is 2.05 bits per heavy atom. The summed E-state index contributed by atoms with van der Waals surface area (Å²) in [5.74, 6) is -0.570. The molecule has 0 fully saturated rings. The number of hydrogen-bond acceptors (Lipinski definition) is 5. The predicted octanol–water partition coefficient (Wildman–Crippen LogP) is 1.56. The lowest BCUT2D eigenvalue weighted by molar-refractivity contribution is 0.0600. The summed E-state index contributed by atoms with van der Waals surface area (Å²) in [7, 11) is 1.32. The van der Waals surface area contributed by atoms with E-state index in [-0.39, 0.29) is 5.78 Å². The van der Waals surface area contributed by atoms with Crippen LogP contribution in [0.5, 0.6) is 0 Å². The third-order valence-corrected chi connectivity index (χ3v) is 2.74. The molecule has 0 atom stereocenters. The summed E-state index contributed by atoms with van der Waals surface area (Å²) in [6.45, 7) is 3.19. The summed E-state index contributed by atoms with van der Waals surface area (Å²) in [5, 5.41) is 7.76. The number of carbonyl (C=O) groups is 2. The van der Waals surface area contributed by atoms with E-state index in [1.165, 1.54) is 18.7 Å². The van der Waals surface area contributed by atoms with E-state index in [1.807, 2.05) is 0 Å². The summed E-state index contributed by atoms with van der Waals surface area (Å²) >= 11 is 0. The molecule has 0 aliphatic heterocycles. The number of ketones is 1. The fourth-order valence-electron chi connectivity index (χ4n) is 1.78. The fraction of sp³-hybridized carbons (Fsp3) is 0.231. The molecular formula is C13H13N3O3. The van der Waals surface area contributed by atoms with Crippen LogP contribution >= 0.6 is 0 Å². The van der Waals surface area contributed by atoms with Gasteiger partial charge >= 0.3 is 5.97 Å². The number of methoxy groups -OCH3 is 1. The van der Waals surface area contributed by atoms with E-state index in [9.17, 15) is 9.59 Å². The summed E-state index contributed by atoms with van der Waals surface area (Å²) in [4.78, 5) is 22.8. The highest BCUT2D eigenvalue weighted by atomic mass is 16.5. The molecule has 0 N–H and O–H groups in total. The van der Waals surface area contributed by atoms with Crippen molar-refractivity contribution in [3.05, 3.63) is 41.2 Å². The molecule has 0 spiro atoms. The Morgan fingerprint density at radius 3 is 2.63 bits per heavy atom. The molecular weight excluding hydrogens is 246 g/mol. The van der Waals surface area contributed by atoms with Crippen LogP contribution in [0.2, 0.25) is 0 Å². The van der Waals surface area contributed by atoms with Gasteiger partial charge in [0, 0.05) is 6.92 Å². The third kappa shape index (κ3) is 2.37. The Bertz CT molecular complexity index is 646. The Balaban J connectivity index is 2.48. The van der Waals surface area contributed by atoms with Crippen LogP contribution < -0.4 is 0 Å². The maximum atomic E-state index is 11.5. The van der Waals surface area contributed by atoms with Crippen LogP contribution in [0.4, 0.5) is 0 Å². The van der Waals surface area contributed by atoms with E-state index >= 15 is 0 Å². The van der Waals surface area contributed by atoms with Crippen molar-refractivity contribution < 1.29 is 14.3 Å². The minimum Gasteiger partial charge on any atom is -0.465 e. The number of aromatic nitrogens is 3. The topological polar surface area (TPSA) is 74.1 Å². The van der Waals surface area contributed by atoms with E-state index in [0.29, 0.717) is 22.6 Å². The van der Waals surface area contributed by atoms with E-state index in [0.717, 1.165) is 0 Å². The van der Waals surface area contributed by atoms with E-state index < -0.39 is 5.97 Å². The van der Waals surface area contributed by atoms with Crippen LogP contribution in [0, 0.1) is 6.92 Å². The van der Waals surface area contributed by atoms with Gasteiger partial charge in [-0.05, 0) is 25.1 Å². The fourth-order valence-corrected chi connectivity index (χ4v) is 1.78. The molecule has 0 unspecified atom stereocenters. The van der Waals surface area contributed by atoms with Crippen molar-refractivity contribution in [3.8, 4) is 5.69 Å². The van der Waals surface area contributed by atoms with Gasteiger partial charge in [0.05, 0.1) is 24.1 Å². The molecule has 0 saturated heterocycles. The maximum absolute atomic E-state index is 11.5. The molecule has 1 heterocycles. The third-order valence-electron chi connectivity index (χ3n) is 2.74. The molecule has 6 heteroatoms. The zero-order valence-corrected chi connectivity index (χ0v) is 10.9. The average molecular weight is 259 g/mol. The number of Topliss-reactive ketones (excluding diaryl/α,β-unsaturated/α-hetero) is 1. The van der Waals surface area contributed by atoms with E-state index in [4.69, 9.17) is 0 Å². The zero-order chi connectivity index (χ0) is 14.0. The number of rotatable bonds is 3. The zero-order valence-electron chi connectivity index (χ0n) is 10.9. The second kappa shape index (κ2) is 5.01. The van der Waals surface area contributed by atoms with Crippen molar-refractivity contribution in [3.63, 3.8) is 0 Å². The molecule has 0 amide bonds. The maximum Gasteiger partial charge on any atom is 0.337 e. The number of hydrogen-bond donors (Lipinski definition) is 0. The molecule has 6 nitrogen and oxygen atoms in total. The Morgan fingerprint density at radius 1 is 1.32 bits per heavy atom. The van der Waals surface area contributed by atoms with Crippen molar-refractivity contribution in [2.45, 2.75) is 13.8 Å². The highest BCUT2D eigenvalue weighted by Gasteiger charge is 2.14. The molecule has 0 bridgehead atoms. The van der Waals surface area contributed by atoms with Gasteiger partial charge in [0.2, 0.25) is 0 Å². The van der Waals surface area contributed by atoms with Gasteiger partial charge in [-0.2, -0.15) is 0 Å². The molecule has 0 aliphatic carbocycles. The molecule has 1 aromatic carbocycles. The average Bonchev–Trinajstić information content (AvgIpc) is 2.80. The van der Waals surface area contributed by atoms with Crippen LogP contribution in [-0.4, -0.2) is 33.9 Å². The second-order valence-electron chi connectivity index (χ2n) is 4.03. The highest BCUT2D eigenvalue weighted by Crippen LogP contribution is 2.14. The summed E-state index contributed by atoms with van der Waals surface area (Å²) in [5.41, 5.74) is 2.03. The first kappa shape index (κ1) is 12.9. The van der Waals surface area contributed by atoms with Crippen molar-refractivity contribution in [1.82, 2.24) is 15.0 Å². The van der Waals surface area contributed by atoms with Gasteiger partial charge < -0.3 is 4.74 Å². The van der Waals surface area contributed by atoms with Crippen molar-refractivity contribution in [1.29, 1.82) is 0 Å². The number of ether oxygens (including phenoxy) is 1. The van der Waals surface area contributed by atoms with Crippen molar-refractivity contribution >= 4 is 11.8 Å². The predicted molar refractivity (Wildman–Crippen MR) is 67.4 cm³/mol. The molecule has 0 radical (unpaired) electrons. The van der Waals surface area contributed by atoms with Crippen LogP contribution in [0.15, 0.2) is 24.3 Å². The van der Waals surface area contributed by atoms with Crippen molar-refractivity contribution in [2.24, 2.45) is 0 Å². The van der Waals surface area contributed by atoms with Gasteiger partial charge in [-0.3, -0.25) is 4.79 Å². The molecule has 98 valence electrons. The molecule has 2 aromatic rings. The molecule has 0 saturated carbocycles. The number of benzene rings is 1. The summed E-state index contributed by atoms with van der Waals surface area (Å²) in [6, 6.07) is 6.78.